The molecular formula is C16H29IN4O. The smallest absolute Gasteiger partial charge is 0.188 e. The van der Waals surface area contributed by atoms with Crippen LogP contribution in [-0.4, -0.2) is 38.3 Å². The number of methoxy groups -OCH3 is 1. The number of guanidine groups is 1. The van der Waals surface area contributed by atoms with E-state index in [0.717, 1.165) is 0 Å². The maximum atomic E-state index is 5.82. The summed E-state index contributed by atoms with van der Waals surface area (Å²) >= 11 is 0. The van der Waals surface area contributed by atoms with E-state index >= 15 is 0 Å². The van der Waals surface area contributed by atoms with E-state index in [1.54, 1.807) is 7.11 Å². The number of nitrogens with two attached hydrogens (primary N) is 1. The van der Waals surface area contributed by atoms with Gasteiger partial charge in [0.25, 0.3) is 0 Å². The summed E-state index contributed by atoms with van der Waals surface area (Å²) in [4.78, 5) is 4.38. The standard InChI is InChI=1S/C16H28N4O.HI/c1-13(14-8-6-5-7-9-14)20-16(2,3)12-19-15(17)18-10-11-21-4;/h5-9,13,20H,10-12H2,1-4H3,(H3,17,18,19);1H. The highest BCUT2D eigenvalue weighted by Crippen LogP contribution is 2.16. The van der Waals surface area contributed by atoms with Crippen molar-refractivity contribution in [3.63, 3.8) is 0 Å². The summed E-state index contributed by atoms with van der Waals surface area (Å²) in [5, 5.41) is 6.60. The van der Waals surface area contributed by atoms with Gasteiger partial charge in [-0.05, 0) is 26.3 Å². The molecule has 0 saturated carbocycles. The van der Waals surface area contributed by atoms with E-state index in [9.17, 15) is 0 Å². The second-order valence-corrected chi connectivity index (χ2v) is 5.78. The van der Waals surface area contributed by atoms with Crippen LogP contribution in [0.1, 0.15) is 32.4 Å². The molecule has 1 unspecified atom stereocenters. The zero-order valence-electron chi connectivity index (χ0n) is 13.9. The molecule has 0 aliphatic carbocycles. The first-order valence-electron chi connectivity index (χ1n) is 7.30. The molecule has 22 heavy (non-hydrogen) atoms. The van der Waals surface area contributed by atoms with E-state index in [1.807, 2.05) is 6.07 Å². The third-order valence-corrected chi connectivity index (χ3v) is 3.16. The Morgan fingerprint density at radius 1 is 1.32 bits per heavy atom. The number of nitrogens with zero attached hydrogens (tertiary/aromatic N) is 1. The molecule has 0 fully saturated rings. The molecule has 1 rings (SSSR count). The molecule has 5 nitrogen and oxygen atoms in total. The van der Waals surface area contributed by atoms with Crippen molar-refractivity contribution in [1.29, 1.82) is 0 Å². The highest BCUT2D eigenvalue weighted by molar-refractivity contribution is 14.0. The van der Waals surface area contributed by atoms with Crippen molar-refractivity contribution in [1.82, 2.24) is 10.6 Å². The van der Waals surface area contributed by atoms with Crippen LogP contribution in [0.4, 0.5) is 0 Å². The van der Waals surface area contributed by atoms with Gasteiger partial charge in [-0.2, -0.15) is 0 Å². The number of nitrogens with one attached hydrogen (secondary N) is 2. The van der Waals surface area contributed by atoms with Crippen molar-refractivity contribution in [3.8, 4) is 0 Å². The topological polar surface area (TPSA) is 71.7 Å². The fourth-order valence-electron chi connectivity index (χ4n) is 2.08. The predicted molar refractivity (Wildman–Crippen MR) is 104 cm³/mol. The average Bonchev–Trinajstić information content (AvgIpc) is 2.46. The predicted octanol–water partition coefficient (Wildman–Crippen LogP) is 2.28. The summed E-state index contributed by atoms with van der Waals surface area (Å²) in [7, 11) is 1.66. The first-order valence-corrected chi connectivity index (χ1v) is 7.30. The van der Waals surface area contributed by atoms with Crippen molar-refractivity contribution in [2.24, 2.45) is 10.7 Å². The number of benzene rings is 1. The van der Waals surface area contributed by atoms with Crippen LogP contribution >= 0.6 is 24.0 Å². The minimum atomic E-state index is -0.136. The Hall–Kier alpha value is -0.860. The van der Waals surface area contributed by atoms with Gasteiger partial charge in [-0.1, -0.05) is 30.3 Å². The molecule has 1 atom stereocenters. The van der Waals surface area contributed by atoms with Crippen LogP contribution in [0.5, 0.6) is 0 Å². The maximum Gasteiger partial charge on any atom is 0.188 e. The molecule has 1 aromatic rings. The number of aliphatic imine (C=N–C) groups is 1. The van der Waals surface area contributed by atoms with E-state index in [2.05, 4.69) is 60.7 Å². The Morgan fingerprint density at radius 3 is 2.55 bits per heavy atom. The Morgan fingerprint density at radius 2 is 1.95 bits per heavy atom. The van der Waals surface area contributed by atoms with Crippen molar-refractivity contribution in [3.05, 3.63) is 35.9 Å². The Kier molecular flexibility index (Phi) is 10.4. The van der Waals surface area contributed by atoms with Crippen LogP contribution in [-0.2, 0) is 4.74 Å². The quantitative estimate of drug-likeness (QED) is 0.261. The first-order chi connectivity index (χ1) is 9.94. The van der Waals surface area contributed by atoms with Crippen LogP contribution in [0, 0.1) is 0 Å². The number of hydrogen-bond donors (Lipinski definition) is 3. The molecule has 4 N–H and O–H groups in total. The lowest BCUT2D eigenvalue weighted by atomic mass is 10.0. The molecular weight excluding hydrogens is 391 g/mol. The number of hydrogen-bond acceptors (Lipinski definition) is 3. The van der Waals surface area contributed by atoms with Gasteiger partial charge < -0.3 is 21.1 Å². The fraction of sp³-hybridized carbons (Fsp3) is 0.562. The van der Waals surface area contributed by atoms with Crippen LogP contribution in [0.25, 0.3) is 0 Å². The van der Waals surface area contributed by atoms with Gasteiger partial charge in [0, 0.05) is 25.2 Å². The van der Waals surface area contributed by atoms with Gasteiger partial charge in [0.15, 0.2) is 5.96 Å². The van der Waals surface area contributed by atoms with Gasteiger partial charge in [-0.15, -0.1) is 24.0 Å². The van der Waals surface area contributed by atoms with Gasteiger partial charge in [0.1, 0.15) is 0 Å². The Labute approximate surface area is 151 Å². The highest BCUT2D eigenvalue weighted by atomic mass is 127. The van der Waals surface area contributed by atoms with E-state index in [-0.39, 0.29) is 35.6 Å². The van der Waals surface area contributed by atoms with E-state index in [4.69, 9.17) is 10.5 Å². The molecule has 0 saturated heterocycles. The minimum Gasteiger partial charge on any atom is -0.383 e. The molecule has 0 amide bonds. The zero-order chi connectivity index (χ0) is 15.7. The Bertz CT molecular complexity index is 437. The Balaban J connectivity index is 0.00000441. The molecule has 0 aliphatic rings. The van der Waals surface area contributed by atoms with Crippen molar-refractivity contribution >= 4 is 29.9 Å². The molecule has 126 valence electrons. The summed E-state index contributed by atoms with van der Waals surface area (Å²) in [6.07, 6.45) is 0. The molecule has 0 spiro atoms. The number of halogens is 1. The van der Waals surface area contributed by atoms with Crippen LogP contribution in [0.3, 0.4) is 0 Å². The van der Waals surface area contributed by atoms with E-state index in [1.165, 1.54) is 5.56 Å². The van der Waals surface area contributed by atoms with Gasteiger partial charge in [-0.25, -0.2) is 0 Å². The second-order valence-electron chi connectivity index (χ2n) is 5.78. The lowest BCUT2D eigenvalue weighted by molar-refractivity contribution is 0.204. The van der Waals surface area contributed by atoms with Crippen LogP contribution in [0.15, 0.2) is 35.3 Å². The van der Waals surface area contributed by atoms with Crippen molar-refractivity contribution in [2.75, 3.05) is 26.8 Å². The van der Waals surface area contributed by atoms with Crippen molar-refractivity contribution in [2.45, 2.75) is 32.4 Å². The fourth-order valence-corrected chi connectivity index (χ4v) is 2.08. The van der Waals surface area contributed by atoms with Gasteiger partial charge in [-0.3, -0.25) is 4.99 Å². The van der Waals surface area contributed by atoms with E-state index in [0.29, 0.717) is 25.7 Å². The van der Waals surface area contributed by atoms with Gasteiger partial charge in [0.05, 0.1) is 13.2 Å². The van der Waals surface area contributed by atoms with E-state index < -0.39 is 0 Å². The monoisotopic (exact) mass is 420 g/mol. The molecule has 0 aliphatic heterocycles. The molecule has 0 bridgehead atoms. The number of rotatable bonds is 8. The zero-order valence-corrected chi connectivity index (χ0v) is 16.3. The normalized spacial score (nSPS) is 13.4. The molecule has 0 aromatic heterocycles. The second kappa shape index (κ2) is 10.8. The summed E-state index contributed by atoms with van der Waals surface area (Å²) in [6.45, 7) is 8.29. The van der Waals surface area contributed by atoms with Crippen LogP contribution < -0.4 is 16.4 Å². The lowest BCUT2D eigenvalue weighted by Crippen LogP contribution is -2.45. The number of ether oxygens (including phenoxy) is 1. The average molecular weight is 420 g/mol. The third-order valence-electron chi connectivity index (χ3n) is 3.16. The summed E-state index contributed by atoms with van der Waals surface area (Å²) in [5.74, 6) is 0.453. The maximum absolute atomic E-state index is 5.82. The molecule has 0 heterocycles. The van der Waals surface area contributed by atoms with Gasteiger partial charge >= 0.3 is 0 Å². The summed E-state index contributed by atoms with van der Waals surface area (Å²) in [5.41, 5.74) is 6.95. The van der Waals surface area contributed by atoms with Crippen molar-refractivity contribution < 1.29 is 4.74 Å². The minimum absolute atomic E-state index is 0. The van der Waals surface area contributed by atoms with Crippen LogP contribution in [0.2, 0.25) is 0 Å². The third kappa shape index (κ3) is 8.55. The molecule has 0 radical (unpaired) electrons. The molecule has 6 heteroatoms. The van der Waals surface area contributed by atoms with Gasteiger partial charge in [0.2, 0.25) is 0 Å². The lowest BCUT2D eigenvalue weighted by Gasteiger charge is -2.29. The largest absolute Gasteiger partial charge is 0.383 e. The molecule has 1 aromatic carbocycles. The summed E-state index contributed by atoms with van der Waals surface area (Å²) in [6, 6.07) is 10.6. The first kappa shape index (κ1) is 21.1. The summed E-state index contributed by atoms with van der Waals surface area (Å²) < 4.78 is 4.95. The SMILES string of the molecule is COCCNC(N)=NCC(C)(C)NC(C)c1ccccc1.I. The highest BCUT2D eigenvalue weighted by Gasteiger charge is 2.20.